The summed E-state index contributed by atoms with van der Waals surface area (Å²) in [5.41, 5.74) is 0. The molecule has 1 aliphatic carbocycles. The van der Waals surface area contributed by atoms with E-state index in [0.29, 0.717) is 4.83 Å². The smallest absolute Gasteiger partial charge is 0.0517 e. The topological polar surface area (TPSA) is 0 Å². The Morgan fingerprint density at radius 1 is 1.31 bits per heavy atom. The Labute approximate surface area is 92.5 Å². The number of rotatable bonds is 2. The molecule has 72 valence electrons. The third kappa shape index (κ3) is 2.35. The molecule has 1 heterocycles. The first-order valence-electron chi connectivity index (χ1n) is 5.05. The highest BCUT2D eigenvalue weighted by Crippen LogP contribution is 2.41. The minimum absolute atomic E-state index is 0.618. The van der Waals surface area contributed by atoms with Crippen LogP contribution in [0.25, 0.3) is 0 Å². The Morgan fingerprint density at radius 3 is 2.69 bits per heavy atom. The standard InChI is InChI=1S/C11H15BrS/c12-11(10-7-4-8-13-10)9-5-2-1-3-6-9/h4,7-9,11H,1-3,5-6H2. The zero-order valence-electron chi connectivity index (χ0n) is 7.71. The van der Waals surface area contributed by atoms with E-state index in [2.05, 4.69) is 33.4 Å². The highest BCUT2D eigenvalue weighted by Gasteiger charge is 2.22. The summed E-state index contributed by atoms with van der Waals surface area (Å²) < 4.78 is 0. The van der Waals surface area contributed by atoms with Crippen molar-refractivity contribution in [3.05, 3.63) is 22.4 Å². The zero-order chi connectivity index (χ0) is 9.10. The molecule has 0 aromatic carbocycles. The highest BCUT2D eigenvalue weighted by atomic mass is 79.9. The summed E-state index contributed by atoms with van der Waals surface area (Å²) in [5, 5.41) is 2.17. The second kappa shape index (κ2) is 4.61. The van der Waals surface area contributed by atoms with Gasteiger partial charge in [0.15, 0.2) is 0 Å². The predicted octanol–water partition coefficient (Wildman–Crippen LogP) is 4.76. The van der Waals surface area contributed by atoms with Crippen LogP contribution in [-0.2, 0) is 0 Å². The average molecular weight is 259 g/mol. The van der Waals surface area contributed by atoms with Gasteiger partial charge in [-0.2, -0.15) is 0 Å². The molecule has 0 spiro atoms. The molecule has 2 rings (SSSR count). The highest BCUT2D eigenvalue weighted by molar-refractivity contribution is 9.09. The number of hydrogen-bond donors (Lipinski definition) is 0. The van der Waals surface area contributed by atoms with E-state index >= 15 is 0 Å². The fourth-order valence-electron chi connectivity index (χ4n) is 2.11. The van der Waals surface area contributed by atoms with E-state index in [9.17, 15) is 0 Å². The summed E-state index contributed by atoms with van der Waals surface area (Å²) in [6, 6.07) is 4.40. The van der Waals surface area contributed by atoms with E-state index in [-0.39, 0.29) is 0 Å². The first-order valence-corrected chi connectivity index (χ1v) is 6.85. The fraction of sp³-hybridized carbons (Fsp3) is 0.636. The van der Waals surface area contributed by atoms with Gasteiger partial charge in [-0.15, -0.1) is 11.3 Å². The van der Waals surface area contributed by atoms with Crippen LogP contribution in [0.1, 0.15) is 41.8 Å². The van der Waals surface area contributed by atoms with Crippen LogP contribution in [0.5, 0.6) is 0 Å². The first-order chi connectivity index (χ1) is 6.38. The molecule has 1 atom stereocenters. The molecule has 1 aliphatic rings. The summed E-state index contributed by atoms with van der Waals surface area (Å²) in [4.78, 5) is 2.12. The van der Waals surface area contributed by atoms with Gasteiger partial charge in [0.05, 0.1) is 4.83 Å². The van der Waals surface area contributed by atoms with Gasteiger partial charge in [-0.3, -0.25) is 0 Å². The van der Waals surface area contributed by atoms with E-state index in [4.69, 9.17) is 0 Å². The second-order valence-corrected chi connectivity index (χ2v) is 5.78. The maximum atomic E-state index is 3.84. The maximum Gasteiger partial charge on any atom is 0.0517 e. The molecule has 0 aliphatic heterocycles. The van der Waals surface area contributed by atoms with E-state index in [0.717, 1.165) is 5.92 Å². The van der Waals surface area contributed by atoms with Gasteiger partial charge in [-0.1, -0.05) is 41.3 Å². The van der Waals surface area contributed by atoms with E-state index in [1.165, 1.54) is 37.0 Å². The largest absolute Gasteiger partial charge is 0.148 e. The maximum absolute atomic E-state index is 3.84. The Morgan fingerprint density at radius 2 is 2.08 bits per heavy atom. The molecule has 0 radical (unpaired) electrons. The van der Waals surface area contributed by atoms with E-state index in [1.807, 2.05) is 11.3 Å². The summed E-state index contributed by atoms with van der Waals surface area (Å²) in [6.07, 6.45) is 7.12. The molecule has 0 amide bonds. The minimum Gasteiger partial charge on any atom is -0.148 e. The molecule has 0 N–H and O–H groups in total. The lowest BCUT2D eigenvalue weighted by Gasteiger charge is -2.25. The molecule has 1 saturated carbocycles. The predicted molar refractivity (Wildman–Crippen MR) is 62.6 cm³/mol. The Balaban J connectivity index is 1.99. The van der Waals surface area contributed by atoms with Crippen molar-refractivity contribution in [1.82, 2.24) is 0 Å². The fourth-order valence-corrected chi connectivity index (χ4v) is 3.91. The van der Waals surface area contributed by atoms with Crippen LogP contribution < -0.4 is 0 Å². The molecule has 1 aromatic heterocycles. The van der Waals surface area contributed by atoms with Crippen molar-refractivity contribution >= 4 is 27.3 Å². The first kappa shape index (κ1) is 9.72. The normalized spacial score (nSPS) is 21.6. The molecule has 1 fully saturated rings. The lowest BCUT2D eigenvalue weighted by atomic mass is 9.86. The lowest BCUT2D eigenvalue weighted by Crippen LogP contribution is -2.10. The molecular weight excluding hydrogens is 244 g/mol. The quantitative estimate of drug-likeness (QED) is 0.671. The van der Waals surface area contributed by atoms with Gasteiger partial charge in [0.2, 0.25) is 0 Å². The molecule has 1 unspecified atom stereocenters. The van der Waals surface area contributed by atoms with Crippen molar-refractivity contribution < 1.29 is 0 Å². The second-order valence-electron chi connectivity index (χ2n) is 3.82. The summed E-state index contributed by atoms with van der Waals surface area (Å²) in [5.74, 6) is 0.882. The Bertz CT molecular complexity index is 237. The van der Waals surface area contributed by atoms with Crippen LogP contribution in [0, 0.1) is 5.92 Å². The number of thiophene rings is 1. The van der Waals surface area contributed by atoms with Gasteiger partial charge in [0.25, 0.3) is 0 Å². The number of halogens is 1. The summed E-state index contributed by atoms with van der Waals surface area (Å²) >= 11 is 5.71. The molecule has 0 bridgehead atoms. The zero-order valence-corrected chi connectivity index (χ0v) is 10.1. The molecule has 0 nitrogen and oxygen atoms in total. The monoisotopic (exact) mass is 258 g/mol. The van der Waals surface area contributed by atoms with Gasteiger partial charge in [-0.05, 0) is 30.2 Å². The van der Waals surface area contributed by atoms with E-state index < -0.39 is 0 Å². The third-order valence-electron chi connectivity index (χ3n) is 2.88. The van der Waals surface area contributed by atoms with Gasteiger partial charge >= 0.3 is 0 Å². The molecular formula is C11H15BrS. The van der Waals surface area contributed by atoms with Crippen LogP contribution in [0.4, 0.5) is 0 Å². The van der Waals surface area contributed by atoms with Gasteiger partial charge < -0.3 is 0 Å². The van der Waals surface area contributed by atoms with Gasteiger partial charge in [0.1, 0.15) is 0 Å². The SMILES string of the molecule is BrC(c1cccs1)C1CCCCC1. The molecule has 1 aromatic rings. The van der Waals surface area contributed by atoms with Crippen LogP contribution in [0.2, 0.25) is 0 Å². The minimum atomic E-state index is 0.618. The van der Waals surface area contributed by atoms with Crippen molar-refractivity contribution in [3.63, 3.8) is 0 Å². The number of alkyl halides is 1. The summed E-state index contributed by atoms with van der Waals surface area (Å²) in [7, 11) is 0. The molecule has 0 saturated heterocycles. The molecule has 2 heteroatoms. The third-order valence-corrected chi connectivity index (χ3v) is 5.38. The van der Waals surface area contributed by atoms with Crippen molar-refractivity contribution in [1.29, 1.82) is 0 Å². The van der Waals surface area contributed by atoms with Crippen LogP contribution >= 0.6 is 27.3 Å². The lowest BCUT2D eigenvalue weighted by molar-refractivity contribution is 0.356. The Hall–Kier alpha value is 0.180. The van der Waals surface area contributed by atoms with Crippen molar-refractivity contribution in [2.24, 2.45) is 5.92 Å². The van der Waals surface area contributed by atoms with Crippen LogP contribution in [0.3, 0.4) is 0 Å². The average Bonchev–Trinajstić information content (AvgIpc) is 2.71. The van der Waals surface area contributed by atoms with Crippen molar-refractivity contribution in [3.8, 4) is 0 Å². The van der Waals surface area contributed by atoms with Crippen LogP contribution in [0.15, 0.2) is 17.5 Å². The Kier molecular flexibility index (Phi) is 3.45. The molecule has 13 heavy (non-hydrogen) atoms. The number of hydrogen-bond acceptors (Lipinski definition) is 1. The van der Waals surface area contributed by atoms with Gasteiger partial charge in [0, 0.05) is 4.88 Å². The van der Waals surface area contributed by atoms with Crippen molar-refractivity contribution in [2.75, 3.05) is 0 Å². The van der Waals surface area contributed by atoms with E-state index in [1.54, 1.807) is 0 Å². The van der Waals surface area contributed by atoms with Crippen molar-refractivity contribution in [2.45, 2.75) is 36.9 Å². The van der Waals surface area contributed by atoms with Crippen LogP contribution in [-0.4, -0.2) is 0 Å². The van der Waals surface area contributed by atoms with Gasteiger partial charge in [-0.25, -0.2) is 0 Å². The summed E-state index contributed by atoms with van der Waals surface area (Å²) in [6.45, 7) is 0.